The Labute approximate surface area is 92.6 Å². The van der Waals surface area contributed by atoms with E-state index in [1.165, 1.54) is 0 Å². The number of amides is 1. The quantitative estimate of drug-likeness (QED) is 0.608. The van der Waals surface area contributed by atoms with Gasteiger partial charge < -0.3 is 4.74 Å². The van der Waals surface area contributed by atoms with Crippen molar-refractivity contribution in [2.24, 2.45) is 0 Å². The van der Waals surface area contributed by atoms with Gasteiger partial charge in [-0.1, -0.05) is 17.7 Å². The molecule has 0 saturated heterocycles. The van der Waals surface area contributed by atoms with Gasteiger partial charge >= 0.3 is 12.1 Å². The molecule has 0 bridgehead atoms. The molecule has 0 heterocycles. The minimum Gasteiger partial charge on any atom is -0.375 e. The predicted molar refractivity (Wildman–Crippen MR) is 56.5 cm³/mol. The molecule has 0 saturated carbocycles. The van der Waals surface area contributed by atoms with Crippen LogP contribution in [0, 0.1) is 18.3 Å². The summed E-state index contributed by atoms with van der Waals surface area (Å²) in [5, 5.41) is 10.6. The molecular weight excluding hydrogens is 208 g/mol. The third kappa shape index (κ3) is 3.80. The van der Waals surface area contributed by atoms with Gasteiger partial charge in [-0.25, -0.2) is 4.79 Å². The molecule has 1 rings (SSSR count). The maximum absolute atomic E-state index is 11.1. The average molecular weight is 218 g/mol. The lowest BCUT2D eigenvalue weighted by atomic mass is 10.2. The first-order valence-corrected chi connectivity index (χ1v) is 4.57. The van der Waals surface area contributed by atoms with E-state index < -0.39 is 18.5 Å². The zero-order valence-corrected chi connectivity index (χ0v) is 8.69. The van der Waals surface area contributed by atoms with Gasteiger partial charge in [-0.05, 0) is 19.1 Å². The summed E-state index contributed by atoms with van der Waals surface area (Å²) in [6, 6.07) is 8.59. The molecular formula is C11H10N2O3. The van der Waals surface area contributed by atoms with Gasteiger partial charge in [0, 0.05) is 5.69 Å². The molecule has 0 atom stereocenters. The summed E-state index contributed by atoms with van der Waals surface area (Å²) in [4.78, 5) is 21.9. The number of carbonyl (C=O) groups is 2. The molecule has 0 aliphatic carbocycles. The zero-order valence-electron chi connectivity index (χ0n) is 8.69. The van der Waals surface area contributed by atoms with Crippen molar-refractivity contribution in [3.05, 3.63) is 29.8 Å². The fraction of sp³-hybridized carbons (Fsp3) is 0.182. The zero-order chi connectivity index (χ0) is 12.0. The second-order valence-corrected chi connectivity index (χ2v) is 3.09. The molecule has 1 aromatic carbocycles. The van der Waals surface area contributed by atoms with Crippen LogP contribution in [0.15, 0.2) is 24.3 Å². The molecule has 1 N–H and O–H groups in total. The van der Waals surface area contributed by atoms with E-state index in [2.05, 4.69) is 10.1 Å². The molecule has 0 aromatic heterocycles. The minimum atomic E-state index is -0.885. The highest BCUT2D eigenvalue weighted by molar-refractivity contribution is 5.93. The van der Waals surface area contributed by atoms with Crippen molar-refractivity contribution in [2.75, 3.05) is 5.32 Å². The number of nitrogens with one attached hydrogen (secondary N) is 1. The lowest BCUT2D eigenvalue weighted by Crippen LogP contribution is -2.17. The molecule has 5 heteroatoms. The summed E-state index contributed by atoms with van der Waals surface area (Å²) >= 11 is 0. The summed E-state index contributed by atoms with van der Waals surface area (Å²) in [5.74, 6) is -0.868. The normalized spacial score (nSPS) is 9.00. The maximum Gasteiger partial charge on any atom is 0.419 e. The van der Waals surface area contributed by atoms with Gasteiger partial charge in [-0.3, -0.25) is 10.1 Å². The predicted octanol–water partition coefficient (Wildman–Crippen LogP) is 1.98. The largest absolute Gasteiger partial charge is 0.419 e. The van der Waals surface area contributed by atoms with E-state index in [4.69, 9.17) is 5.26 Å². The van der Waals surface area contributed by atoms with Crippen molar-refractivity contribution in [1.29, 1.82) is 5.26 Å². The second kappa shape index (κ2) is 5.51. The Morgan fingerprint density at radius 2 is 2.00 bits per heavy atom. The van der Waals surface area contributed by atoms with Crippen molar-refractivity contribution in [2.45, 2.75) is 13.3 Å². The molecule has 1 aromatic rings. The number of carbonyl (C=O) groups excluding carboxylic acids is 2. The van der Waals surface area contributed by atoms with E-state index in [1.54, 1.807) is 18.2 Å². The fourth-order valence-electron chi connectivity index (χ4n) is 0.984. The summed E-state index contributed by atoms with van der Waals surface area (Å²) in [7, 11) is 0. The van der Waals surface area contributed by atoms with Gasteiger partial charge in [0.15, 0.2) is 0 Å². The lowest BCUT2D eigenvalue weighted by Gasteiger charge is -2.04. The first kappa shape index (κ1) is 11.7. The van der Waals surface area contributed by atoms with E-state index in [0.717, 1.165) is 5.56 Å². The summed E-state index contributed by atoms with van der Waals surface area (Å²) in [5.41, 5.74) is 1.58. The molecule has 1 amide bonds. The summed E-state index contributed by atoms with van der Waals surface area (Å²) in [6.07, 6.45) is -1.33. The van der Waals surface area contributed by atoms with E-state index in [-0.39, 0.29) is 0 Å². The first-order valence-electron chi connectivity index (χ1n) is 4.57. The van der Waals surface area contributed by atoms with Crippen LogP contribution < -0.4 is 5.32 Å². The standard InChI is InChI=1S/C11H10N2O3/c1-8-2-4-9(5-3-8)13-11(15)16-10(14)6-7-12/h2-5H,6H2,1H3,(H,13,15). The molecule has 0 spiro atoms. The number of hydrogen-bond acceptors (Lipinski definition) is 4. The van der Waals surface area contributed by atoms with Crippen LogP contribution in [0.25, 0.3) is 0 Å². The number of hydrogen-bond donors (Lipinski definition) is 1. The summed E-state index contributed by atoms with van der Waals surface area (Å²) in [6.45, 7) is 1.92. The van der Waals surface area contributed by atoms with Crippen LogP contribution in [0.5, 0.6) is 0 Å². The van der Waals surface area contributed by atoms with Crippen LogP contribution in [0.2, 0.25) is 0 Å². The monoisotopic (exact) mass is 218 g/mol. The van der Waals surface area contributed by atoms with E-state index >= 15 is 0 Å². The number of anilines is 1. The van der Waals surface area contributed by atoms with Crippen LogP contribution in [-0.4, -0.2) is 12.1 Å². The Hall–Kier alpha value is -2.35. The highest BCUT2D eigenvalue weighted by Gasteiger charge is 2.09. The number of aryl methyl sites for hydroxylation is 1. The first-order chi connectivity index (χ1) is 7.61. The van der Waals surface area contributed by atoms with E-state index in [1.807, 2.05) is 19.1 Å². The number of nitriles is 1. The van der Waals surface area contributed by atoms with Crippen molar-refractivity contribution in [3.63, 3.8) is 0 Å². The second-order valence-electron chi connectivity index (χ2n) is 3.09. The SMILES string of the molecule is Cc1ccc(NC(=O)OC(=O)CC#N)cc1. The lowest BCUT2D eigenvalue weighted by molar-refractivity contribution is -0.135. The maximum atomic E-state index is 11.1. The van der Waals surface area contributed by atoms with Gasteiger partial charge in [-0.15, -0.1) is 0 Å². The van der Waals surface area contributed by atoms with Crippen LogP contribution in [0.1, 0.15) is 12.0 Å². The Morgan fingerprint density at radius 3 is 2.56 bits per heavy atom. The Balaban J connectivity index is 2.49. The number of benzene rings is 1. The van der Waals surface area contributed by atoms with Crippen molar-refractivity contribution >= 4 is 17.7 Å². The van der Waals surface area contributed by atoms with Crippen molar-refractivity contribution in [3.8, 4) is 6.07 Å². The molecule has 5 nitrogen and oxygen atoms in total. The Morgan fingerprint density at radius 1 is 1.38 bits per heavy atom. The molecule has 0 unspecified atom stereocenters. The molecule has 0 radical (unpaired) electrons. The highest BCUT2D eigenvalue weighted by atomic mass is 16.6. The van der Waals surface area contributed by atoms with Gasteiger partial charge in [0.05, 0.1) is 6.07 Å². The smallest absolute Gasteiger partial charge is 0.375 e. The van der Waals surface area contributed by atoms with Crippen molar-refractivity contribution < 1.29 is 14.3 Å². The fourth-order valence-corrected chi connectivity index (χ4v) is 0.984. The molecule has 0 aliphatic rings. The Kier molecular flexibility index (Phi) is 4.04. The van der Waals surface area contributed by atoms with E-state index in [9.17, 15) is 9.59 Å². The topological polar surface area (TPSA) is 79.2 Å². The van der Waals surface area contributed by atoms with Gasteiger partial charge in [0.25, 0.3) is 0 Å². The Bertz CT molecular complexity index is 432. The average Bonchev–Trinajstić information content (AvgIpc) is 2.21. The number of ether oxygens (including phenoxy) is 1. The van der Waals surface area contributed by atoms with Crippen LogP contribution >= 0.6 is 0 Å². The van der Waals surface area contributed by atoms with Crippen LogP contribution in [0.3, 0.4) is 0 Å². The highest BCUT2D eigenvalue weighted by Crippen LogP contribution is 2.08. The van der Waals surface area contributed by atoms with Gasteiger partial charge in [-0.2, -0.15) is 5.26 Å². The molecule has 0 fully saturated rings. The minimum absolute atomic E-state index is 0.443. The molecule has 16 heavy (non-hydrogen) atoms. The third-order valence-electron chi connectivity index (χ3n) is 1.73. The van der Waals surface area contributed by atoms with Crippen LogP contribution in [0.4, 0.5) is 10.5 Å². The van der Waals surface area contributed by atoms with Crippen molar-refractivity contribution in [1.82, 2.24) is 0 Å². The molecule has 82 valence electrons. The van der Waals surface area contributed by atoms with Gasteiger partial charge in [0.2, 0.25) is 0 Å². The number of esters is 1. The number of rotatable bonds is 2. The van der Waals surface area contributed by atoms with Gasteiger partial charge in [0.1, 0.15) is 6.42 Å². The number of nitrogens with zero attached hydrogens (tertiary/aromatic N) is 1. The molecule has 0 aliphatic heterocycles. The third-order valence-corrected chi connectivity index (χ3v) is 1.73. The summed E-state index contributed by atoms with van der Waals surface area (Å²) < 4.78 is 4.31. The van der Waals surface area contributed by atoms with Crippen LogP contribution in [-0.2, 0) is 9.53 Å². The van der Waals surface area contributed by atoms with E-state index in [0.29, 0.717) is 5.69 Å².